The highest BCUT2D eigenvalue weighted by atomic mass is 32.2. The van der Waals surface area contributed by atoms with E-state index in [2.05, 4.69) is 15.3 Å². The molecule has 0 unspecified atom stereocenters. The van der Waals surface area contributed by atoms with Crippen LogP contribution in [0.1, 0.15) is 13.3 Å². The van der Waals surface area contributed by atoms with Gasteiger partial charge in [-0.25, -0.2) is 9.97 Å². The summed E-state index contributed by atoms with van der Waals surface area (Å²) >= 11 is 2.57. The molecule has 176 valence electrons. The Kier molecular flexibility index (Phi) is 7.49. The molecule has 0 spiro atoms. The zero-order valence-electron chi connectivity index (χ0n) is 19.0. The van der Waals surface area contributed by atoms with Crippen molar-refractivity contribution in [1.82, 2.24) is 14.5 Å². The number of anilines is 1. The number of thioether (sulfide) groups is 1. The van der Waals surface area contributed by atoms with Crippen molar-refractivity contribution in [3.05, 3.63) is 58.2 Å². The summed E-state index contributed by atoms with van der Waals surface area (Å²) < 4.78 is 12.3. The number of hydrogen-bond acceptors (Lipinski definition) is 8. The van der Waals surface area contributed by atoms with Gasteiger partial charge in [-0.2, -0.15) is 0 Å². The van der Waals surface area contributed by atoms with E-state index < -0.39 is 0 Å². The van der Waals surface area contributed by atoms with Crippen molar-refractivity contribution in [1.29, 1.82) is 0 Å². The molecule has 2 aromatic carbocycles. The highest BCUT2D eigenvalue weighted by Crippen LogP contribution is 2.34. The van der Waals surface area contributed by atoms with Gasteiger partial charge < -0.3 is 14.8 Å². The van der Waals surface area contributed by atoms with Crippen molar-refractivity contribution in [2.24, 2.45) is 0 Å². The quantitative estimate of drug-likeness (QED) is 0.266. The molecule has 0 atom stereocenters. The minimum absolute atomic E-state index is 0.0895. The van der Waals surface area contributed by atoms with Crippen LogP contribution >= 0.6 is 23.1 Å². The Morgan fingerprint density at radius 2 is 1.97 bits per heavy atom. The molecule has 0 aliphatic heterocycles. The number of benzene rings is 2. The third kappa shape index (κ3) is 5.07. The zero-order valence-corrected chi connectivity index (χ0v) is 20.7. The average molecular weight is 497 g/mol. The van der Waals surface area contributed by atoms with Gasteiger partial charge in [-0.1, -0.05) is 30.8 Å². The van der Waals surface area contributed by atoms with Crippen LogP contribution in [0.15, 0.2) is 57.8 Å². The largest absolute Gasteiger partial charge is 0.497 e. The second kappa shape index (κ2) is 10.7. The maximum absolute atomic E-state index is 12.9. The minimum atomic E-state index is -0.224. The predicted octanol–water partition coefficient (Wildman–Crippen LogP) is 4.68. The number of carbonyl (C=O) groups is 1. The number of hydrogen-bond donors (Lipinski definition) is 1. The van der Waals surface area contributed by atoms with Crippen LogP contribution in [0.2, 0.25) is 0 Å². The Labute approximate surface area is 205 Å². The molecule has 0 fully saturated rings. The van der Waals surface area contributed by atoms with Crippen LogP contribution in [0.3, 0.4) is 0 Å². The first-order chi connectivity index (χ1) is 16.5. The summed E-state index contributed by atoms with van der Waals surface area (Å²) in [6.45, 7) is 2.54. The number of methoxy groups -OCH3 is 2. The molecule has 4 rings (SSSR count). The summed E-state index contributed by atoms with van der Waals surface area (Å²) in [7, 11) is 3.18. The van der Waals surface area contributed by atoms with E-state index in [0.717, 1.165) is 12.0 Å². The van der Waals surface area contributed by atoms with Crippen LogP contribution in [0.4, 0.5) is 5.13 Å². The Bertz CT molecular complexity index is 1380. The second-order valence-corrected chi connectivity index (χ2v) is 9.11. The van der Waals surface area contributed by atoms with Crippen LogP contribution in [0.25, 0.3) is 22.2 Å². The molecular weight excluding hydrogens is 472 g/mol. The fraction of sp³-hybridized carbons (Fsp3) is 0.250. The summed E-state index contributed by atoms with van der Waals surface area (Å²) in [4.78, 5) is 34.7. The van der Waals surface area contributed by atoms with Gasteiger partial charge >= 0.3 is 0 Å². The first kappa shape index (κ1) is 23.8. The van der Waals surface area contributed by atoms with E-state index in [0.29, 0.717) is 44.9 Å². The van der Waals surface area contributed by atoms with Gasteiger partial charge in [0.1, 0.15) is 11.5 Å². The molecule has 4 aromatic rings. The summed E-state index contributed by atoms with van der Waals surface area (Å²) in [5.41, 5.74) is 2.04. The van der Waals surface area contributed by atoms with Gasteiger partial charge in [-0.15, -0.1) is 11.3 Å². The number of aromatic nitrogens is 3. The van der Waals surface area contributed by atoms with Crippen molar-refractivity contribution in [2.45, 2.75) is 25.0 Å². The molecule has 8 nitrogen and oxygen atoms in total. The maximum atomic E-state index is 12.9. The van der Waals surface area contributed by atoms with Gasteiger partial charge in [0.05, 0.1) is 36.6 Å². The molecule has 1 N–H and O–H groups in total. The van der Waals surface area contributed by atoms with Crippen LogP contribution in [-0.4, -0.2) is 40.4 Å². The van der Waals surface area contributed by atoms with Gasteiger partial charge in [0, 0.05) is 23.6 Å². The second-order valence-electron chi connectivity index (χ2n) is 7.31. The summed E-state index contributed by atoms with van der Waals surface area (Å²) in [6, 6.07) is 12.7. The maximum Gasteiger partial charge on any atom is 0.262 e. The first-order valence-corrected chi connectivity index (χ1v) is 12.5. The topological polar surface area (TPSA) is 95.3 Å². The molecule has 2 heterocycles. The van der Waals surface area contributed by atoms with Crippen molar-refractivity contribution in [3.8, 4) is 22.8 Å². The van der Waals surface area contributed by atoms with Crippen molar-refractivity contribution < 1.29 is 14.3 Å². The smallest absolute Gasteiger partial charge is 0.262 e. The summed E-state index contributed by atoms with van der Waals surface area (Å²) in [5, 5.41) is 6.28. The number of nitrogens with zero attached hydrogens (tertiary/aromatic N) is 3. The van der Waals surface area contributed by atoms with E-state index in [4.69, 9.17) is 9.47 Å². The number of para-hydroxylation sites is 1. The standard InChI is InChI=1S/C24H24N4O4S2/c1-4-11-28-22(30)17-7-5-6-8-18(17)26-24(28)34-14-21(29)27-23-25-19(13-33-23)16-10-9-15(31-2)12-20(16)32-3/h5-10,12-13H,4,11,14H2,1-3H3,(H,25,27,29). The van der Waals surface area contributed by atoms with E-state index in [9.17, 15) is 9.59 Å². The van der Waals surface area contributed by atoms with E-state index in [1.807, 2.05) is 42.6 Å². The van der Waals surface area contributed by atoms with Crippen LogP contribution in [-0.2, 0) is 11.3 Å². The molecule has 1 amide bonds. The van der Waals surface area contributed by atoms with E-state index >= 15 is 0 Å². The molecule has 0 bridgehead atoms. The monoisotopic (exact) mass is 496 g/mol. The minimum Gasteiger partial charge on any atom is -0.497 e. The van der Waals surface area contributed by atoms with Gasteiger partial charge in [0.15, 0.2) is 10.3 Å². The normalized spacial score (nSPS) is 10.9. The van der Waals surface area contributed by atoms with Crippen LogP contribution < -0.4 is 20.3 Å². The lowest BCUT2D eigenvalue weighted by Gasteiger charge is -2.12. The number of amides is 1. The lowest BCUT2D eigenvalue weighted by molar-refractivity contribution is -0.113. The van der Waals surface area contributed by atoms with E-state index in [1.165, 1.54) is 23.1 Å². The Hall–Kier alpha value is -3.37. The van der Waals surface area contributed by atoms with Gasteiger partial charge in [0.2, 0.25) is 5.91 Å². The fourth-order valence-electron chi connectivity index (χ4n) is 3.43. The number of thiazole rings is 1. The third-order valence-corrected chi connectivity index (χ3v) is 6.78. The Balaban J connectivity index is 1.48. The number of carbonyl (C=O) groups excluding carboxylic acids is 1. The van der Waals surface area contributed by atoms with E-state index in [-0.39, 0.29) is 17.2 Å². The van der Waals surface area contributed by atoms with Crippen molar-refractivity contribution >= 4 is 45.0 Å². The van der Waals surface area contributed by atoms with Crippen molar-refractivity contribution in [3.63, 3.8) is 0 Å². The predicted molar refractivity (Wildman–Crippen MR) is 136 cm³/mol. The third-order valence-electron chi connectivity index (χ3n) is 5.04. The van der Waals surface area contributed by atoms with Crippen molar-refractivity contribution in [2.75, 3.05) is 25.3 Å². The molecule has 10 heteroatoms. The van der Waals surface area contributed by atoms with Gasteiger partial charge in [-0.3, -0.25) is 14.2 Å². The number of ether oxygens (including phenoxy) is 2. The molecule has 0 radical (unpaired) electrons. The summed E-state index contributed by atoms with van der Waals surface area (Å²) in [5.74, 6) is 1.20. The lowest BCUT2D eigenvalue weighted by Crippen LogP contribution is -2.24. The SMILES string of the molecule is CCCn1c(SCC(=O)Nc2nc(-c3ccc(OC)cc3OC)cs2)nc2ccccc2c1=O. The summed E-state index contributed by atoms with van der Waals surface area (Å²) in [6.07, 6.45) is 0.788. The highest BCUT2D eigenvalue weighted by molar-refractivity contribution is 7.99. The van der Waals surface area contributed by atoms with Gasteiger partial charge in [-0.05, 0) is 30.7 Å². The van der Waals surface area contributed by atoms with Gasteiger partial charge in [0.25, 0.3) is 5.56 Å². The molecule has 0 aliphatic carbocycles. The van der Waals surface area contributed by atoms with Crippen LogP contribution in [0, 0.1) is 0 Å². The Morgan fingerprint density at radius 1 is 1.15 bits per heavy atom. The number of nitrogens with one attached hydrogen (secondary N) is 1. The number of fused-ring (bicyclic) bond motifs is 1. The molecule has 0 saturated heterocycles. The highest BCUT2D eigenvalue weighted by Gasteiger charge is 2.15. The first-order valence-electron chi connectivity index (χ1n) is 10.6. The average Bonchev–Trinajstić information content (AvgIpc) is 3.32. The van der Waals surface area contributed by atoms with E-state index in [1.54, 1.807) is 30.9 Å². The molecule has 0 aliphatic rings. The molecule has 2 aromatic heterocycles. The Morgan fingerprint density at radius 3 is 2.74 bits per heavy atom. The zero-order chi connectivity index (χ0) is 24.1. The lowest BCUT2D eigenvalue weighted by atomic mass is 10.1. The number of rotatable bonds is 9. The fourth-order valence-corrected chi connectivity index (χ4v) is 4.98. The van der Waals surface area contributed by atoms with Crippen LogP contribution in [0.5, 0.6) is 11.5 Å². The molecule has 34 heavy (non-hydrogen) atoms. The molecular formula is C24H24N4O4S2. The molecule has 0 saturated carbocycles.